The minimum atomic E-state index is -0.777. The van der Waals surface area contributed by atoms with Crippen molar-refractivity contribution in [1.29, 1.82) is 0 Å². The molecule has 6 aromatic carbocycles. The summed E-state index contributed by atoms with van der Waals surface area (Å²) in [6, 6.07) is 26.0. The third-order valence-corrected chi connectivity index (χ3v) is 9.71. The fraction of sp³-hybridized carbons (Fsp3) is 0.0625. The van der Waals surface area contributed by atoms with Gasteiger partial charge in [-0.1, -0.05) is 0 Å². The van der Waals surface area contributed by atoms with E-state index in [9.17, 15) is 60.3 Å². The third kappa shape index (κ3) is 8.60. The fourth-order valence-corrected chi connectivity index (χ4v) is 6.74. The van der Waals surface area contributed by atoms with E-state index in [2.05, 4.69) is 0 Å². The minimum Gasteiger partial charge on any atom is -0.508 e. The number of aromatic hydroxyl groups is 9. The largest absolute Gasteiger partial charge is 0.508 e. The summed E-state index contributed by atoms with van der Waals surface area (Å²) in [7, 11) is 0. The Balaban J connectivity index is 0.000000142. The van der Waals surface area contributed by atoms with E-state index in [0.717, 1.165) is 11.6 Å². The average molecular weight is 853 g/mol. The van der Waals surface area contributed by atoms with Gasteiger partial charge in [-0.15, -0.1) is 0 Å². The molecule has 0 aliphatic carbocycles. The average Bonchev–Trinajstić information content (AvgIpc) is 3.21. The summed E-state index contributed by atoms with van der Waals surface area (Å²) < 4.78 is 16.8. The van der Waals surface area contributed by atoms with Crippen LogP contribution in [-0.2, 0) is 0 Å². The van der Waals surface area contributed by atoms with Crippen LogP contribution in [0.25, 0.3) is 66.9 Å². The Kier molecular flexibility index (Phi) is 11.2. The first-order chi connectivity index (χ1) is 29.9. The van der Waals surface area contributed by atoms with Crippen LogP contribution in [0.15, 0.2) is 137 Å². The molecular formula is C48H36O15. The third-order valence-electron chi connectivity index (χ3n) is 9.71. The van der Waals surface area contributed by atoms with Crippen molar-refractivity contribution in [1.82, 2.24) is 0 Å². The van der Waals surface area contributed by atoms with E-state index in [0.29, 0.717) is 39.0 Å². The summed E-state index contributed by atoms with van der Waals surface area (Å²) in [5.74, 6) is -1.71. The van der Waals surface area contributed by atoms with Crippen LogP contribution in [0.4, 0.5) is 0 Å². The van der Waals surface area contributed by atoms with Gasteiger partial charge in [0.1, 0.15) is 62.0 Å². The van der Waals surface area contributed by atoms with Gasteiger partial charge in [-0.3, -0.25) is 14.4 Å². The molecular weight excluding hydrogens is 817 g/mol. The molecule has 3 heterocycles. The van der Waals surface area contributed by atoms with Crippen molar-refractivity contribution in [3.8, 4) is 85.7 Å². The number of aryl methyl sites for hydroxylation is 3. The summed E-state index contributed by atoms with van der Waals surface area (Å²) in [4.78, 5) is 36.5. The van der Waals surface area contributed by atoms with Gasteiger partial charge in [0.2, 0.25) is 11.2 Å². The molecule has 0 unspecified atom stereocenters. The fourth-order valence-electron chi connectivity index (χ4n) is 6.74. The van der Waals surface area contributed by atoms with Gasteiger partial charge in [0.25, 0.3) is 0 Å². The lowest BCUT2D eigenvalue weighted by molar-refractivity contribution is 0.403. The minimum absolute atomic E-state index is 0.0565. The number of rotatable bonds is 3. The molecule has 15 nitrogen and oxygen atoms in total. The predicted molar refractivity (Wildman–Crippen MR) is 233 cm³/mol. The number of hydrogen-bond acceptors (Lipinski definition) is 15. The van der Waals surface area contributed by atoms with E-state index >= 15 is 0 Å². The van der Waals surface area contributed by atoms with Crippen molar-refractivity contribution < 1.29 is 59.2 Å². The monoisotopic (exact) mass is 852 g/mol. The first-order valence-corrected chi connectivity index (χ1v) is 18.8. The molecule has 0 saturated heterocycles. The maximum Gasteiger partial charge on any atom is 0.238 e. The highest BCUT2D eigenvalue weighted by Gasteiger charge is 2.19. The van der Waals surface area contributed by atoms with Gasteiger partial charge < -0.3 is 59.2 Å². The van der Waals surface area contributed by atoms with Crippen LogP contribution in [0.3, 0.4) is 0 Å². The van der Waals surface area contributed by atoms with Gasteiger partial charge in [0, 0.05) is 34.9 Å². The zero-order chi connectivity index (χ0) is 45.4. The van der Waals surface area contributed by atoms with Gasteiger partial charge in [-0.25, -0.2) is 0 Å². The molecule has 318 valence electrons. The van der Waals surface area contributed by atoms with Crippen LogP contribution >= 0.6 is 0 Å². The van der Waals surface area contributed by atoms with E-state index in [1.165, 1.54) is 78.9 Å². The zero-order valence-electron chi connectivity index (χ0n) is 33.4. The highest BCUT2D eigenvalue weighted by molar-refractivity contribution is 5.88. The number of hydrogen-bond donors (Lipinski definition) is 9. The van der Waals surface area contributed by atoms with Gasteiger partial charge in [-0.2, -0.15) is 0 Å². The number of benzene rings is 6. The molecule has 63 heavy (non-hydrogen) atoms. The first kappa shape index (κ1) is 42.3. The zero-order valence-corrected chi connectivity index (χ0v) is 33.4. The highest BCUT2D eigenvalue weighted by Crippen LogP contribution is 2.37. The molecule has 9 N–H and O–H groups in total. The quantitative estimate of drug-likeness (QED) is 0.0752. The lowest BCUT2D eigenvalue weighted by atomic mass is 10.1. The van der Waals surface area contributed by atoms with Crippen LogP contribution in [0.2, 0.25) is 0 Å². The molecule has 0 amide bonds. The molecule has 0 aliphatic heterocycles. The van der Waals surface area contributed by atoms with E-state index in [4.69, 9.17) is 13.3 Å². The van der Waals surface area contributed by atoms with E-state index in [1.54, 1.807) is 45.0 Å². The maximum absolute atomic E-state index is 12.2. The number of fused-ring (bicyclic) bond motifs is 3. The lowest BCUT2D eigenvalue weighted by Gasteiger charge is -2.08. The Morgan fingerprint density at radius 3 is 1.44 bits per heavy atom. The smallest absolute Gasteiger partial charge is 0.238 e. The van der Waals surface area contributed by atoms with Gasteiger partial charge in [0.05, 0.1) is 5.39 Å². The summed E-state index contributed by atoms with van der Waals surface area (Å²) in [5.41, 5.74) is 2.87. The Bertz CT molecular complexity index is 3430. The van der Waals surface area contributed by atoms with Crippen LogP contribution in [0, 0.1) is 20.8 Å². The molecule has 0 atom stereocenters. The van der Waals surface area contributed by atoms with E-state index < -0.39 is 16.9 Å². The Morgan fingerprint density at radius 1 is 0.381 bits per heavy atom. The molecule has 9 aromatic rings. The highest BCUT2D eigenvalue weighted by atomic mass is 16.4. The summed E-state index contributed by atoms with van der Waals surface area (Å²) in [6.07, 6.45) is 0. The van der Waals surface area contributed by atoms with Crippen LogP contribution in [-0.4, -0.2) is 46.0 Å². The Hall–Kier alpha value is -8.85. The standard InChI is InChI=1S/C16H12O6.C16H12O5.C16H12O4/c1-7-4-11(19)13-12(5-7)22-16(15(21)14(13)20)8-2-3-9(17)10(18)6-8;1-8-4-12(19)16-13(20)7-14(21-15(16)5-8)9-2-3-10(17)11(18)6-9;1-9-6-12(18)7-15-16(9)13(19)8-14(20-15)10-2-4-11(17)5-3-10/h2-6,17-19,21H,1H3;2-7,17-19H,1H3;2-8,17-18H,1H3. The van der Waals surface area contributed by atoms with Gasteiger partial charge in [-0.05, 0) is 128 Å². The second kappa shape index (κ2) is 16.7. The SMILES string of the molecule is Cc1cc(O)c2c(=O)c(O)c(-c3ccc(O)c(O)c3)oc2c1.Cc1cc(O)c2c(=O)cc(-c3ccc(O)c(O)c3)oc2c1.Cc1cc(O)cc2oc(-c3ccc(O)cc3)cc(=O)c12. The van der Waals surface area contributed by atoms with Crippen molar-refractivity contribution in [3.05, 3.63) is 157 Å². The van der Waals surface area contributed by atoms with Crippen molar-refractivity contribution in [2.45, 2.75) is 20.8 Å². The van der Waals surface area contributed by atoms with Gasteiger partial charge >= 0.3 is 0 Å². The number of phenols is 8. The Labute approximate surface area is 354 Å². The van der Waals surface area contributed by atoms with Crippen LogP contribution in [0.1, 0.15) is 16.7 Å². The van der Waals surface area contributed by atoms with Crippen molar-refractivity contribution in [3.63, 3.8) is 0 Å². The van der Waals surface area contributed by atoms with Crippen LogP contribution in [0.5, 0.6) is 51.7 Å². The molecule has 9 rings (SSSR count). The molecule has 3 aromatic heterocycles. The molecule has 0 bridgehead atoms. The molecule has 0 aliphatic rings. The molecule has 0 radical (unpaired) electrons. The summed E-state index contributed by atoms with van der Waals surface area (Å²) >= 11 is 0. The second-order valence-electron chi connectivity index (χ2n) is 14.5. The predicted octanol–water partition coefficient (Wildman–Crippen LogP) is 8.66. The van der Waals surface area contributed by atoms with E-state index in [1.807, 2.05) is 0 Å². The molecule has 15 heteroatoms. The summed E-state index contributed by atoms with van der Waals surface area (Å²) in [5, 5.41) is 86.8. The van der Waals surface area contributed by atoms with Crippen molar-refractivity contribution >= 4 is 32.9 Å². The van der Waals surface area contributed by atoms with Gasteiger partial charge in [0.15, 0.2) is 39.6 Å². The topological polar surface area (TPSA) is 273 Å². The lowest BCUT2D eigenvalue weighted by Crippen LogP contribution is -2.03. The molecule has 0 spiro atoms. The first-order valence-electron chi connectivity index (χ1n) is 18.8. The van der Waals surface area contributed by atoms with Crippen LogP contribution < -0.4 is 16.3 Å². The maximum atomic E-state index is 12.2. The normalized spacial score (nSPS) is 10.9. The Morgan fingerprint density at radius 2 is 0.857 bits per heavy atom. The van der Waals surface area contributed by atoms with E-state index in [-0.39, 0.29) is 90.1 Å². The van der Waals surface area contributed by atoms with Crippen molar-refractivity contribution in [2.24, 2.45) is 0 Å². The second-order valence-corrected chi connectivity index (χ2v) is 14.5. The molecule has 0 saturated carbocycles. The molecule has 0 fully saturated rings. The summed E-state index contributed by atoms with van der Waals surface area (Å²) in [6.45, 7) is 5.25. The number of phenolic OH excluding ortho intramolecular Hbond substituents is 8. The van der Waals surface area contributed by atoms with Crippen molar-refractivity contribution in [2.75, 3.05) is 0 Å².